The maximum Gasteiger partial charge on any atom is 0.109 e. The molecule has 0 spiro atoms. The molecule has 30 valence electrons. The Labute approximate surface area is 63.0 Å². The third-order valence-electron chi connectivity index (χ3n) is 0. The summed E-state index contributed by atoms with van der Waals surface area (Å²) in [6.07, 6.45) is 9.90. The van der Waals surface area contributed by atoms with Crippen molar-refractivity contribution in [2.45, 2.75) is 0 Å². The van der Waals surface area contributed by atoms with Gasteiger partial charge in [0.2, 0.25) is 0 Å². The summed E-state index contributed by atoms with van der Waals surface area (Å²) < 4.78 is 0. The average Bonchev–Trinajstić information content (AvgIpc) is 1.46. The van der Waals surface area contributed by atoms with Gasteiger partial charge in [-0.1, -0.05) is 0 Å². The number of halogens is 3. The third kappa shape index (κ3) is 21.8. The van der Waals surface area contributed by atoms with E-state index in [4.69, 9.17) is 23.9 Å². The second-order valence-corrected chi connectivity index (χ2v) is 3.75. The zero-order valence-electron chi connectivity index (χ0n) is 2.84. The summed E-state index contributed by atoms with van der Waals surface area (Å²) in [5.74, 6) is 0. The molecule has 0 aliphatic rings. The molecule has 0 rings (SSSR count). The van der Waals surface area contributed by atoms with Gasteiger partial charge in [-0.25, -0.2) is 0 Å². The molecular weight excluding hydrogens is 175 g/mol. The Morgan fingerprint density at radius 1 is 1.20 bits per heavy atom. The SMILES string of the molecule is [Cl][Ca][Cl].[SiH3]Cl. The van der Waals surface area contributed by atoms with E-state index in [1.165, 1.54) is 0 Å². The molecule has 0 amide bonds. The van der Waals surface area contributed by atoms with Crippen LogP contribution in [-0.4, -0.2) is 40.4 Å². The van der Waals surface area contributed by atoms with Gasteiger partial charge in [-0.05, 0) is 0 Å². The molecule has 0 atom stereocenters. The number of hydrogen-bond acceptors (Lipinski definition) is 0. The quantitative estimate of drug-likeness (QED) is 0.374. The number of rotatable bonds is 0. The molecule has 0 N–H and O–H groups in total. The maximum absolute atomic E-state index is 4.95. The van der Waals surface area contributed by atoms with E-state index in [1.807, 2.05) is 0 Å². The molecule has 0 aromatic carbocycles. The fourth-order valence-corrected chi connectivity index (χ4v) is 0. The summed E-state index contributed by atoms with van der Waals surface area (Å²) in [6, 6.07) is 0. The zero-order valence-corrected chi connectivity index (χ0v) is 9.32. The van der Waals surface area contributed by atoms with Gasteiger partial charge in [0.05, 0.1) is 0 Å². The van der Waals surface area contributed by atoms with Crippen LogP contribution in [0.25, 0.3) is 0 Å². The second kappa shape index (κ2) is 16.2. The molecular formula is H3CaCl3Si. The van der Waals surface area contributed by atoms with Gasteiger partial charge in [-0.2, -0.15) is 11.1 Å². The fraction of sp³-hybridized carbons (Fsp3) is 0. The standard InChI is InChI=1S/Ca.ClH3Si.2ClH/c;1-2;;/h;2H3;2*1H/q+2;;;/p-2. The normalized spacial score (nSPS) is 3.80. The van der Waals surface area contributed by atoms with E-state index in [1.54, 1.807) is 0 Å². The summed E-state index contributed by atoms with van der Waals surface area (Å²) in [7, 11) is 0.778. The monoisotopic (exact) mass is 176 g/mol. The van der Waals surface area contributed by atoms with Gasteiger partial charge in [-0.15, -0.1) is 0 Å². The molecule has 0 aliphatic carbocycles. The summed E-state index contributed by atoms with van der Waals surface area (Å²) in [5.41, 5.74) is 0. The van der Waals surface area contributed by atoms with Gasteiger partial charge in [0.1, 0.15) is 9.55 Å². The van der Waals surface area contributed by atoms with Gasteiger partial charge >= 0.3 is 43.6 Å². The molecule has 0 nitrogen and oxygen atoms in total. The minimum Gasteiger partial charge on any atom is -0.181 e. The molecule has 0 radical (unpaired) electrons. The van der Waals surface area contributed by atoms with E-state index >= 15 is 0 Å². The van der Waals surface area contributed by atoms with Crippen LogP contribution in [0.15, 0.2) is 0 Å². The van der Waals surface area contributed by atoms with Crippen molar-refractivity contribution in [2.75, 3.05) is 0 Å². The topological polar surface area (TPSA) is 0 Å². The van der Waals surface area contributed by atoms with Crippen LogP contribution in [0.1, 0.15) is 0 Å². The Morgan fingerprint density at radius 2 is 1.20 bits per heavy atom. The van der Waals surface area contributed by atoms with Crippen molar-refractivity contribution in [2.24, 2.45) is 0 Å². The first-order chi connectivity index (χ1) is 2.41. The largest absolute Gasteiger partial charge is 0.181 e. The Hall–Kier alpha value is 2.35. The number of hydrogen-bond donors (Lipinski definition) is 0. The molecule has 0 aromatic rings. The molecule has 0 bridgehead atoms. The summed E-state index contributed by atoms with van der Waals surface area (Å²) in [5, 5.41) is 0. The molecule has 0 saturated heterocycles. The first-order valence-corrected chi connectivity index (χ1v) is 10.0. The van der Waals surface area contributed by atoms with Crippen molar-refractivity contribution < 1.29 is 0 Å². The van der Waals surface area contributed by atoms with E-state index in [2.05, 4.69) is 0 Å². The van der Waals surface area contributed by atoms with Crippen LogP contribution in [0.4, 0.5) is 0 Å². The van der Waals surface area contributed by atoms with Gasteiger partial charge in [0.15, 0.2) is 0 Å². The van der Waals surface area contributed by atoms with Crippen LogP contribution in [0.3, 0.4) is 0 Å². The van der Waals surface area contributed by atoms with Crippen LogP contribution in [-0.2, 0) is 0 Å². The van der Waals surface area contributed by atoms with Crippen LogP contribution in [0.2, 0.25) is 0 Å². The van der Waals surface area contributed by atoms with E-state index in [-0.39, 0.29) is 0 Å². The van der Waals surface area contributed by atoms with Crippen molar-refractivity contribution in [3.8, 4) is 0 Å². The molecule has 0 saturated carbocycles. The van der Waals surface area contributed by atoms with Gasteiger partial charge < -0.3 is 0 Å². The van der Waals surface area contributed by atoms with Crippen LogP contribution < -0.4 is 0 Å². The third-order valence-corrected chi connectivity index (χ3v) is 0. The van der Waals surface area contributed by atoms with E-state index in [9.17, 15) is 0 Å². The Bertz CT molecular complexity index is 6.85. The second-order valence-electron chi connectivity index (χ2n) is 0.101. The Balaban J connectivity index is 0. The van der Waals surface area contributed by atoms with Crippen LogP contribution in [0.5, 0.6) is 0 Å². The van der Waals surface area contributed by atoms with Crippen molar-refractivity contribution in [3.63, 3.8) is 0 Å². The Morgan fingerprint density at radius 3 is 1.20 bits per heavy atom. The van der Waals surface area contributed by atoms with Crippen molar-refractivity contribution in [3.05, 3.63) is 0 Å². The molecule has 0 unspecified atom stereocenters. The van der Waals surface area contributed by atoms with E-state index < -0.39 is 30.8 Å². The van der Waals surface area contributed by atoms with E-state index in [0.717, 1.165) is 9.55 Å². The van der Waals surface area contributed by atoms with Gasteiger partial charge in [0, 0.05) is 0 Å². The molecule has 5 heteroatoms. The van der Waals surface area contributed by atoms with Gasteiger partial charge in [0.25, 0.3) is 0 Å². The van der Waals surface area contributed by atoms with Crippen LogP contribution in [0, 0.1) is 0 Å². The summed E-state index contributed by atoms with van der Waals surface area (Å²) in [4.78, 5) is 0. The van der Waals surface area contributed by atoms with Gasteiger partial charge in [-0.3, -0.25) is 0 Å². The van der Waals surface area contributed by atoms with Crippen molar-refractivity contribution >= 4 is 64.3 Å². The first kappa shape index (κ1) is 10.4. The minimum absolute atomic E-state index is 0.778. The average molecular weight is 178 g/mol. The Kier molecular flexibility index (Phi) is 33.5. The smallest absolute Gasteiger partial charge is 0.109 e. The molecule has 5 heavy (non-hydrogen) atoms. The molecule has 0 heterocycles. The molecule has 0 fully saturated rings. The van der Waals surface area contributed by atoms with E-state index in [0.29, 0.717) is 0 Å². The fourth-order valence-electron chi connectivity index (χ4n) is 0. The van der Waals surface area contributed by atoms with Crippen molar-refractivity contribution in [1.29, 1.82) is 0 Å². The predicted octanol–water partition coefficient (Wildman–Crippen LogP) is 0.504. The summed E-state index contributed by atoms with van der Waals surface area (Å²) in [6.45, 7) is 0. The zero-order chi connectivity index (χ0) is 4.71. The molecule has 0 aliphatic heterocycles. The summed E-state index contributed by atoms with van der Waals surface area (Å²) >= 11 is 3.85. The minimum atomic E-state index is -0.931. The van der Waals surface area contributed by atoms with Crippen molar-refractivity contribution in [1.82, 2.24) is 0 Å². The first-order valence-electron chi connectivity index (χ1n) is 0.912. The maximum atomic E-state index is 4.95. The predicted molar refractivity (Wildman–Crippen MR) is 33.3 cm³/mol. The van der Waals surface area contributed by atoms with Crippen LogP contribution >= 0.6 is 23.9 Å². The molecule has 0 aromatic heterocycles.